The van der Waals surface area contributed by atoms with E-state index in [9.17, 15) is 4.79 Å². The third-order valence-corrected chi connectivity index (χ3v) is 7.29. The van der Waals surface area contributed by atoms with E-state index < -0.39 is 0 Å². The molecule has 0 saturated heterocycles. The number of nitrogens with one attached hydrogen (secondary N) is 1. The lowest BCUT2D eigenvalue weighted by atomic mass is 9.80. The van der Waals surface area contributed by atoms with Crippen LogP contribution in [0.3, 0.4) is 0 Å². The Morgan fingerprint density at radius 3 is 2.53 bits per heavy atom. The third kappa shape index (κ3) is 6.58. The fourth-order valence-electron chi connectivity index (χ4n) is 5.27. The highest BCUT2D eigenvalue weighted by Gasteiger charge is 2.28. The molecule has 5 heteroatoms. The van der Waals surface area contributed by atoms with Crippen LogP contribution >= 0.6 is 0 Å². The summed E-state index contributed by atoms with van der Waals surface area (Å²) in [4.78, 5) is 15.6. The molecule has 0 spiro atoms. The Bertz CT molecular complexity index is 1100. The average molecular weight is 489 g/mol. The lowest BCUT2D eigenvalue weighted by Gasteiger charge is -2.25. The maximum atomic E-state index is 13.5. The van der Waals surface area contributed by atoms with E-state index in [1.807, 2.05) is 18.2 Å². The first kappa shape index (κ1) is 26.0. The molecule has 192 valence electrons. The zero-order chi connectivity index (χ0) is 25.5. The second-order valence-electron chi connectivity index (χ2n) is 10.3. The number of rotatable bonds is 9. The van der Waals surface area contributed by atoms with E-state index in [1.165, 1.54) is 16.7 Å². The van der Waals surface area contributed by atoms with Crippen molar-refractivity contribution in [1.29, 1.82) is 0 Å². The summed E-state index contributed by atoms with van der Waals surface area (Å²) in [6.45, 7) is 3.67. The van der Waals surface area contributed by atoms with Gasteiger partial charge in [-0.25, -0.2) is 0 Å². The van der Waals surface area contributed by atoms with Gasteiger partial charge in [-0.15, -0.1) is 0 Å². The van der Waals surface area contributed by atoms with Crippen LogP contribution in [0.4, 0.5) is 5.69 Å². The van der Waals surface area contributed by atoms with Gasteiger partial charge in [0.2, 0.25) is 0 Å². The summed E-state index contributed by atoms with van der Waals surface area (Å²) in [5, 5.41) is 3.15. The molecule has 2 aromatic rings. The van der Waals surface area contributed by atoms with Gasteiger partial charge in [0.15, 0.2) is 11.5 Å². The van der Waals surface area contributed by atoms with Crippen molar-refractivity contribution in [3.05, 3.63) is 76.9 Å². The molecule has 36 heavy (non-hydrogen) atoms. The summed E-state index contributed by atoms with van der Waals surface area (Å²) < 4.78 is 11.5. The summed E-state index contributed by atoms with van der Waals surface area (Å²) in [5.74, 6) is 2.11. The van der Waals surface area contributed by atoms with Crippen molar-refractivity contribution in [2.45, 2.75) is 51.4 Å². The fourth-order valence-corrected chi connectivity index (χ4v) is 5.27. The van der Waals surface area contributed by atoms with E-state index in [-0.39, 0.29) is 5.91 Å². The van der Waals surface area contributed by atoms with Crippen molar-refractivity contribution < 1.29 is 14.3 Å². The van der Waals surface area contributed by atoms with Crippen LogP contribution in [-0.4, -0.2) is 45.2 Å². The maximum absolute atomic E-state index is 13.5. The summed E-state index contributed by atoms with van der Waals surface area (Å²) >= 11 is 0. The van der Waals surface area contributed by atoms with Crippen LogP contribution in [0.1, 0.15) is 55.6 Å². The number of hydrogen-bond acceptors (Lipinski definition) is 4. The number of hydrogen-bond donors (Lipinski definition) is 1. The quantitative estimate of drug-likeness (QED) is 0.323. The van der Waals surface area contributed by atoms with E-state index >= 15 is 0 Å². The monoisotopic (exact) mass is 488 g/mol. The van der Waals surface area contributed by atoms with Gasteiger partial charge in [-0.3, -0.25) is 4.79 Å². The van der Waals surface area contributed by atoms with Crippen LogP contribution < -0.4 is 14.8 Å². The lowest BCUT2D eigenvalue weighted by molar-refractivity contribution is -0.113. The second-order valence-corrected chi connectivity index (χ2v) is 10.3. The molecule has 0 heterocycles. The molecule has 0 aromatic heterocycles. The Kier molecular flexibility index (Phi) is 8.87. The highest BCUT2D eigenvalue weighted by molar-refractivity contribution is 6.04. The van der Waals surface area contributed by atoms with Gasteiger partial charge in [-0.05, 0) is 83.2 Å². The highest BCUT2D eigenvalue weighted by atomic mass is 16.5. The van der Waals surface area contributed by atoms with Crippen molar-refractivity contribution in [1.82, 2.24) is 4.90 Å². The summed E-state index contributed by atoms with van der Waals surface area (Å²) in [6.07, 6.45) is 10.6. The molecule has 4 rings (SSSR count). The zero-order valence-electron chi connectivity index (χ0n) is 22.2. The predicted molar refractivity (Wildman–Crippen MR) is 147 cm³/mol. The third-order valence-electron chi connectivity index (χ3n) is 7.29. The molecule has 1 amide bonds. The van der Waals surface area contributed by atoms with Gasteiger partial charge in [-0.2, -0.15) is 0 Å². The molecular weight excluding hydrogens is 448 g/mol. The number of allylic oxidation sites excluding steroid dienone is 3. The molecule has 0 radical (unpaired) electrons. The number of carbonyl (C=O) groups is 1. The normalized spacial score (nSPS) is 19.6. The summed E-state index contributed by atoms with van der Waals surface area (Å²) in [6, 6.07) is 14.5. The SMILES string of the molecule is COc1ccc(NC(=O)C2=C3CCC(c4ccc(C)cc4)C=CC3CCC2)cc1OCCCN(C)C. The van der Waals surface area contributed by atoms with Crippen LogP contribution in [-0.2, 0) is 4.79 Å². The first-order valence-electron chi connectivity index (χ1n) is 13.2. The standard InChI is InChI=1S/C31H40N2O3/c1-22-9-11-23(12-10-22)24-13-14-25-7-5-8-28(27(25)17-15-24)31(34)32-26-16-18-29(35-4)30(21-26)36-20-6-19-33(2)3/h9-14,16,18,21,24-25H,5-8,15,17,19-20H2,1-4H3,(H,32,34). The number of fused-ring (bicyclic) bond motifs is 1. The number of methoxy groups -OCH3 is 1. The largest absolute Gasteiger partial charge is 0.493 e. The van der Waals surface area contributed by atoms with Gasteiger partial charge in [0.1, 0.15) is 0 Å². The number of aryl methyl sites for hydroxylation is 1. The van der Waals surface area contributed by atoms with Crippen molar-refractivity contribution in [2.75, 3.05) is 39.7 Å². The number of amides is 1. The number of carbonyl (C=O) groups excluding carboxylic acids is 1. The Morgan fingerprint density at radius 2 is 1.78 bits per heavy atom. The Hall–Kier alpha value is -3.05. The second kappa shape index (κ2) is 12.3. The predicted octanol–water partition coefficient (Wildman–Crippen LogP) is 6.50. The molecule has 2 atom stereocenters. The topological polar surface area (TPSA) is 50.8 Å². The number of anilines is 1. The summed E-state index contributed by atoms with van der Waals surface area (Å²) in [5.41, 5.74) is 5.66. The smallest absolute Gasteiger partial charge is 0.251 e. The first-order valence-corrected chi connectivity index (χ1v) is 13.2. The van der Waals surface area contributed by atoms with E-state index in [0.29, 0.717) is 29.9 Å². The van der Waals surface area contributed by atoms with E-state index in [4.69, 9.17) is 9.47 Å². The van der Waals surface area contributed by atoms with E-state index in [1.54, 1.807) is 7.11 Å². The molecular formula is C31H40N2O3. The maximum Gasteiger partial charge on any atom is 0.251 e. The van der Waals surface area contributed by atoms with Crippen LogP contribution in [0.2, 0.25) is 0 Å². The molecule has 0 saturated carbocycles. The average Bonchev–Trinajstić information content (AvgIpc) is 3.10. The Morgan fingerprint density at radius 1 is 1.00 bits per heavy atom. The van der Waals surface area contributed by atoms with Gasteiger partial charge in [0.05, 0.1) is 13.7 Å². The first-order chi connectivity index (χ1) is 17.4. The molecule has 2 aliphatic rings. The van der Waals surface area contributed by atoms with Crippen LogP contribution in [0.25, 0.3) is 0 Å². The molecule has 2 aliphatic carbocycles. The summed E-state index contributed by atoms with van der Waals surface area (Å²) in [7, 11) is 5.74. The van der Waals surface area contributed by atoms with Crippen LogP contribution in [0.5, 0.6) is 11.5 Å². The molecule has 0 aliphatic heterocycles. The molecule has 0 fully saturated rings. The van der Waals surface area contributed by atoms with Crippen molar-refractivity contribution in [3.8, 4) is 11.5 Å². The van der Waals surface area contributed by atoms with Gasteiger partial charge < -0.3 is 19.7 Å². The van der Waals surface area contributed by atoms with Gasteiger partial charge in [0, 0.05) is 29.8 Å². The minimum absolute atomic E-state index is 0.0145. The van der Waals surface area contributed by atoms with Crippen molar-refractivity contribution in [3.63, 3.8) is 0 Å². The highest BCUT2D eigenvalue weighted by Crippen LogP contribution is 2.40. The minimum atomic E-state index is 0.0145. The molecule has 1 N–H and O–H groups in total. The van der Waals surface area contributed by atoms with Crippen LogP contribution in [0.15, 0.2) is 65.8 Å². The molecule has 2 unspecified atom stereocenters. The zero-order valence-corrected chi connectivity index (χ0v) is 22.2. The van der Waals surface area contributed by atoms with E-state index in [0.717, 1.165) is 56.3 Å². The van der Waals surface area contributed by atoms with Gasteiger partial charge in [0.25, 0.3) is 5.91 Å². The minimum Gasteiger partial charge on any atom is -0.493 e. The Labute approximate surface area is 216 Å². The van der Waals surface area contributed by atoms with Gasteiger partial charge >= 0.3 is 0 Å². The molecule has 0 bridgehead atoms. The molecule has 2 aromatic carbocycles. The number of benzene rings is 2. The van der Waals surface area contributed by atoms with E-state index in [2.05, 4.69) is 67.7 Å². The Balaban J connectivity index is 1.47. The van der Waals surface area contributed by atoms with Crippen LogP contribution in [0, 0.1) is 12.8 Å². The van der Waals surface area contributed by atoms with Crippen molar-refractivity contribution >= 4 is 11.6 Å². The van der Waals surface area contributed by atoms with Gasteiger partial charge in [-0.1, -0.05) is 47.6 Å². The fraction of sp³-hybridized carbons (Fsp3) is 0.452. The number of nitrogens with zero attached hydrogens (tertiary/aromatic N) is 1. The van der Waals surface area contributed by atoms with Crippen molar-refractivity contribution in [2.24, 2.45) is 5.92 Å². The lowest BCUT2D eigenvalue weighted by Crippen LogP contribution is -2.21. The molecule has 5 nitrogen and oxygen atoms in total. The number of ether oxygens (including phenoxy) is 2.